The summed E-state index contributed by atoms with van der Waals surface area (Å²) < 4.78 is 0. The molecule has 1 heterocycles. The summed E-state index contributed by atoms with van der Waals surface area (Å²) in [5.74, 6) is -10.2. The third-order valence-corrected chi connectivity index (χ3v) is 8.52. The lowest BCUT2D eigenvalue weighted by atomic mass is 10.1. The lowest BCUT2D eigenvalue weighted by Crippen LogP contribution is -2.58. The number of carbonyl (C=O) groups is 6. The molecule has 0 saturated heterocycles. The number of aliphatic hydroxyl groups is 1. The third kappa shape index (κ3) is 14.5. The van der Waals surface area contributed by atoms with Crippen LogP contribution in [0.2, 0.25) is 0 Å². The van der Waals surface area contributed by atoms with Crippen molar-refractivity contribution in [2.45, 2.75) is 57.2 Å². The summed E-state index contributed by atoms with van der Waals surface area (Å²) in [5, 5.41) is 23.1. The van der Waals surface area contributed by atoms with Crippen LogP contribution in [0.1, 0.15) is 31.9 Å². The molecule has 64 heavy (non-hydrogen) atoms. The number of aliphatic imine (C=N–C) groups is 4. The first kappa shape index (κ1) is 49.7. The van der Waals surface area contributed by atoms with Crippen LogP contribution in [-0.2, 0) is 28.8 Å². The van der Waals surface area contributed by atoms with Crippen molar-refractivity contribution in [1.82, 2.24) is 31.6 Å². The van der Waals surface area contributed by atoms with Gasteiger partial charge in [-0.05, 0) is 42.2 Å². The number of primary amides is 1. The first-order chi connectivity index (χ1) is 30.1. The van der Waals surface area contributed by atoms with Gasteiger partial charge in [-0.25, -0.2) is 20.0 Å². The molecule has 2 aromatic carbocycles. The van der Waals surface area contributed by atoms with Crippen molar-refractivity contribution in [2.24, 2.45) is 77.5 Å². The molecule has 3 rings (SSSR count). The van der Waals surface area contributed by atoms with Crippen molar-refractivity contribution in [1.29, 1.82) is 0 Å². The van der Waals surface area contributed by atoms with Crippen LogP contribution in [0.4, 0.5) is 11.4 Å². The largest absolute Gasteiger partial charge is 0.396 e. The van der Waals surface area contributed by atoms with Gasteiger partial charge in [0.05, 0.1) is 16.9 Å². The minimum absolute atomic E-state index is 0.136. The summed E-state index contributed by atoms with van der Waals surface area (Å²) in [6, 6.07) is 12.8. The molecule has 0 aliphatic rings. The number of hydrogen-bond acceptors (Lipinski definition) is 14. The highest BCUT2D eigenvalue weighted by atomic mass is 16.3. The first-order valence-electron chi connectivity index (χ1n) is 18.9. The molecule has 1 aromatic heterocycles. The number of hydrogen-bond donors (Lipinski definition) is 16. The molecule has 344 valence electrons. The van der Waals surface area contributed by atoms with Gasteiger partial charge in [-0.15, -0.1) is 0 Å². The van der Waals surface area contributed by atoms with Crippen molar-refractivity contribution in [3.05, 3.63) is 66.4 Å². The highest BCUT2D eigenvalue weighted by Crippen LogP contribution is 2.32. The lowest BCUT2D eigenvalue weighted by molar-refractivity contribution is -0.136. The van der Waals surface area contributed by atoms with E-state index >= 15 is 0 Å². The van der Waals surface area contributed by atoms with Gasteiger partial charge in [0.15, 0.2) is 23.8 Å². The predicted molar refractivity (Wildman–Crippen MR) is 236 cm³/mol. The number of fused-ring (bicyclic) bond motifs is 1. The van der Waals surface area contributed by atoms with E-state index in [2.05, 4.69) is 40.9 Å². The van der Waals surface area contributed by atoms with E-state index in [1.54, 1.807) is 48.7 Å². The number of amides is 6. The number of guanidine groups is 4. The number of nitrogens with two attached hydrogens (primary N) is 10. The van der Waals surface area contributed by atoms with E-state index in [4.69, 9.17) is 57.3 Å². The van der Waals surface area contributed by atoms with E-state index in [0.717, 1.165) is 0 Å². The lowest BCUT2D eigenvalue weighted by Gasteiger charge is -2.32. The second-order valence-corrected chi connectivity index (χ2v) is 13.9. The molecule has 0 saturated carbocycles. The zero-order chi connectivity index (χ0) is 47.8. The molecule has 6 atom stereocenters. The quantitative estimate of drug-likeness (QED) is 0.0204. The first-order valence-corrected chi connectivity index (χ1v) is 18.9. The van der Waals surface area contributed by atoms with E-state index in [-0.39, 0.29) is 23.7 Å². The number of carbonyl (C=O) groups excluding carboxylic acids is 6. The van der Waals surface area contributed by atoms with Crippen molar-refractivity contribution in [2.75, 3.05) is 17.2 Å². The van der Waals surface area contributed by atoms with Gasteiger partial charge in [0.1, 0.15) is 6.04 Å². The van der Waals surface area contributed by atoms with Crippen LogP contribution in [0.15, 0.2) is 80.8 Å². The van der Waals surface area contributed by atoms with E-state index < -0.39 is 96.2 Å². The summed E-state index contributed by atoms with van der Waals surface area (Å²) in [5.41, 5.74) is 56.7. The van der Waals surface area contributed by atoms with Crippen LogP contribution < -0.4 is 88.8 Å². The molecular weight excluding hydrogens is 839 g/mol. The highest BCUT2D eigenvalue weighted by molar-refractivity contribution is 6.00. The monoisotopic (exact) mass is 891 g/mol. The Labute approximate surface area is 364 Å². The van der Waals surface area contributed by atoms with Gasteiger partial charge < -0.3 is 93.9 Å². The third-order valence-electron chi connectivity index (χ3n) is 8.52. The minimum atomic E-state index is -2.13. The molecule has 28 nitrogen and oxygen atoms in total. The van der Waals surface area contributed by atoms with Crippen LogP contribution in [0.5, 0.6) is 0 Å². The van der Waals surface area contributed by atoms with Crippen LogP contribution >= 0.6 is 0 Å². The predicted octanol–water partition coefficient (Wildman–Crippen LogP) is -6.81. The topological polar surface area (TPSA) is 509 Å². The highest BCUT2D eigenvalue weighted by Gasteiger charge is 2.35. The molecule has 0 radical (unpaired) electrons. The maximum absolute atomic E-state index is 14.1. The smallest absolute Gasteiger partial charge is 0.270 e. The zero-order valence-electron chi connectivity index (χ0n) is 34.6. The molecule has 6 unspecified atom stereocenters. The maximum atomic E-state index is 14.1. The molecule has 0 bridgehead atoms. The van der Waals surface area contributed by atoms with Crippen molar-refractivity contribution >= 4 is 81.6 Å². The Balaban J connectivity index is 1.95. The number of aromatic nitrogens is 1. The van der Waals surface area contributed by atoms with E-state index in [9.17, 15) is 33.9 Å². The fourth-order valence-corrected chi connectivity index (χ4v) is 5.58. The second-order valence-electron chi connectivity index (χ2n) is 13.9. The van der Waals surface area contributed by atoms with Crippen LogP contribution in [0.3, 0.4) is 0 Å². The Hall–Kier alpha value is -8.69. The number of nitrogens with zero attached hydrogens (tertiary/aromatic N) is 6. The summed E-state index contributed by atoms with van der Waals surface area (Å²) >= 11 is 0. The Morgan fingerprint density at radius 3 is 1.55 bits per heavy atom. The van der Waals surface area contributed by atoms with Gasteiger partial charge in [0.2, 0.25) is 36.8 Å². The van der Waals surface area contributed by atoms with Crippen LogP contribution in [0.25, 0.3) is 10.9 Å². The molecule has 28 heteroatoms. The van der Waals surface area contributed by atoms with E-state index in [0.29, 0.717) is 23.0 Å². The normalized spacial score (nSPS) is 13.5. The Morgan fingerprint density at radius 2 is 1.08 bits per heavy atom. The number of nitrogen functional groups attached to an aromatic ring is 1. The molecular formula is C36H53N21O7. The van der Waals surface area contributed by atoms with Crippen LogP contribution in [-0.4, -0.2) is 107 Å². The Bertz CT molecular complexity index is 2290. The van der Waals surface area contributed by atoms with Gasteiger partial charge in [-0.3, -0.25) is 33.8 Å². The Kier molecular flexibility index (Phi) is 17.7. The fraction of sp³-hybridized carbons (Fsp3) is 0.306. The number of benzene rings is 2. The van der Waals surface area contributed by atoms with Gasteiger partial charge in [-0.2, -0.15) is 0 Å². The van der Waals surface area contributed by atoms with Crippen molar-refractivity contribution in [3.8, 4) is 0 Å². The van der Waals surface area contributed by atoms with E-state index in [1.165, 1.54) is 17.0 Å². The van der Waals surface area contributed by atoms with Gasteiger partial charge >= 0.3 is 0 Å². The van der Waals surface area contributed by atoms with Gasteiger partial charge in [0, 0.05) is 18.1 Å². The number of rotatable bonds is 21. The standard InChI is InChI=1S/C36H53N21O7/c1-15(2)12-14-57(19-11-10-18-17(20(19)37)9-6-13-47-18)32(64)31(63)48-21(16-7-4-3-5-8-16)27(59)50-24(54-34(41)42)29(61)52-26(56-36(45)46)30(62)51-25(55-35(43)44)28(60)49-23(22(38)58)53-33(39)40/h3-11,13,15,21,23-26,32,64H,12,14,37H2,1-2H3,(H2,38,58)(H,48,63)(H,49,60)(H,50,59)(H,51,62)(H,52,61)(H4,39,40,53)(H4,41,42,54)(H4,43,44,55)(H4,45,46,56). The summed E-state index contributed by atoms with van der Waals surface area (Å²) in [7, 11) is 0. The number of pyridine rings is 1. The van der Waals surface area contributed by atoms with Gasteiger partial charge in [-0.1, -0.05) is 44.2 Å². The SMILES string of the molecule is CC(C)CCN(c1ccc2ncccc2c1N)C(O)C(=O)NC(C(=O)NC(N=C(N)N)C(=O)NC(N=C(N)N)C(=O)NC(N=C(N)N)C(=O)NC(N=C(N)N)C(N)=O)c1ccccc1. The molecule has 3 aromatic rings. The fourth-order valence-electron chi connectivity index (χ4n) is 5.58. The van der Waals surface area contributed by atoms with Gasteiger partial charge in [0.25, 0.3) is 29.5 Å². The van der Waals surface area contributed by atoms with Crippen molar-refractivity contribution in [3.63, 3.8) is 0 Å². The molecule has 26 N–H and O–H groups in total. The molecule has 0 aliphatic carbocycles. The van der Waals surface area contributed by atoms with Crippen molar-refractivity contribution < 1.29 is 33.9 Å². The minimum Gasteiger partial charge on any atom is -0.396 e. The molecule has 0 fully saturated rings. The van der Waals surface area contributed by atoms with E-state index in [1.807, 2.05) is 24.5 Å². The maximum Gasteiger partial charge on any atom is 0.270 e. The number of anilines is 2. The Morgan fingerprint density at radius 1 is 0.609 bits per heavy atom. The molecule has 0 aliphatic heterocycles. The summed E-state index contributed by atoms with van der Waals surface area (Å²) in [6.45, 7) is 4.06. The average Bonchev–Trinajstić information content (AvgIpc) is 3.21. The summed E-state index contributed by atoms with van der Waals surface area (Å²) in [4.78, 5) is 100. The number of aliphatic hydroxyl groups excluding tert-OH is 1. The summed E-state index contributed by atoms with van der Waals surface area (Å²) in [6.07, 6.45) is -7.91. The zero-order valence-corrected chi connectivity index (χ0v) is 34.6. The number of nitrogens with one attached hydrogen (secondary N) is 5. The molecule has 0 spiro atoms. The molecule has 6 amide bonds. The van der Waals surface area contributed by atoms with Crippen LogP contribution in [0, 0.1) is 5.92 Å². The second kappa shape index (κ2) is 22.8. The average molecular weight is 892 g/mol.